The van der Waals surface area contributed by atoms with E-state index in [1.165, 1.54) is 12.1 Å². The number of aliphatic hydroxyl groups excluding tert-OH is 1. The summed E-state index contributed by atoms with van der Waals surface area (Å²) in [6, 6.07) is 12.5. The number of halogens is 2. The zero-order valence-corrected chi connectivity index (χ0v) is 10.4. The summed E-state index contributed by atoms with van der Waals surface area (Å²) < 4.78 is 26.9. The summed E-state index contributed by atoms with van der Waals surface area (Å²) in [5.41, 5.74) is 1.20. The molecule has 100 valence electrons. The van der Waals surface area contributed by atoms with Crippen molar-refractivity contribution < 1.29 is 13.9 Å². The van der Waals surface area contributed by atoms with E-state index in [9.17, 15) is 13.9 Å². The van der Waals surface area contributed by atoms with Gasteiger partial charge in [-0.15, -0.1) is 0 Å². The minimum atomic E-state index is -1.21. The number of nitrogens with zero attached hydrogens (tertiary/aromatic N) is 1. The number of aliphatic hydroxyl groups is 1. The number of benzene rings is 2. The van der Waals surface area contributed by atoms with Crippen LogP contribution in [-0.4, -0.2) is 10.1 Å². The first kappa shape index (κ1) is 12.7. The molecular formula is C16H11F2NO. The minimum absolute atomic E-state index is 0.0757. The molecule has 1 unspecified atom stereocenters. The number of rotatable bonds is 2. The molecule has 1 heterocycles. The van der Waals surface area contributed by atoms with E-state index in [4.69, 9.17) is 0 Å². The molecule has 1 N–H and O–H groups in total. The second kappa shape index (κ2) is 4.98. The van der Waals surface area contributed by atoms with Crippen LogP contribution in [0.2, 0.25) is 0 Å². The lowest BCUT2D eigenvalue weighted by Crippen LogP contribution is -2.04. The van der Waals surface area contributed by atoms with Crippen LogP contribution in [0.5, 0.6) is 0 Å². The molecule has 3 rings (SSSR count). The molecule has 0 aliphatic heterocycles. The lowest BCUT2D eigenvalue weighted by Gasteiger charge is -2.13. The summed E-state index contributed by atoms with van der Waals surface area (Å²) >= 11 is 0. The van der Waals surface area contributed by atoms with Crippen molar-refractivity contribution in [1.82, 2.24) is 4.98 Å². The normalized spacial score (nSPS) is 12.6. The highest BCUT2D eigenvalue weighted by molar-refractivity contribution is 5.79. The van der Waals surface area contributed by atoms with Crippen LogP contribution >= 0.6 is 0 Å². The molecule has 0 radical (unpaired) electrons. The molecule has 2 nitrogen and oxygen atoms in total. The van der Waals surface area contributed by atoms with Gasteiger partial charge in [-0.3, -0.25) is 4.98 Å². The second-order valence-corrected chi connectivity index (χ2v) is 4.50. The maximum absolute atomic E-state index is 13.7. The van der Waals surface area contributed by atoms with Gasteiger partial charge in [0.25, 0.3) is 0 Å². The van der Waals surface area contributed by atoms with Gasteiger partial charge in [-0.1, -0.05) is 24.3 Å². The molecule has 0 spiro atoms. The number of hydrogen-bond donors (Lipinski definition) is 1. The maximum atomic E-state index is 13.7. The molecule has 0 amide bonds. The molecule has 0 fully saturated rings. The van der Waals surface area contributed by atoms with Crippen LogP contribution in [0.3, 0.4) is 0 Å². The van der Waals surface area contributed by atoms with E-state index in [0.717, 1.165) is 17.0 Å². The molecule has 0 saturated carbocycles. The van der Waals surface area contributed by atoms with Crippen molar-refractivity contribution in [2.75, 3.05) is 0 Å². The van der Waals surface area contributed by atoms with Crippen molar-refractivity contribution in [2.24, 2.45) is 0 Å². The predicted molar refractivity (Wildman–Crippen MR) is 72.2 cm³/mol. The Morgan fingerprint density at radius 3 is 2.70 bits per heavy atom. The summed E-state index contributed by atoms with van der Waals surface area (Å²) in [5.74, 6) is -1.99. The van der Waals surface area contributed by atoms with Crippen LogP contribution in [0.25, 0.3) is 10.9 Å². The molecule has 3 aromatic rings. The van der Waals surface area contributed by atoms with Gasteiger partial charge in [-0.2, -0.15) is 0 Å². The topological polar surface area (TPSA) is 33.1 Å². The second-order valence-electron chi connectivity index (χ2n) is 4.50. The van der Waals surface area contributed by atoms with Crippen molar-refractivity contribution in [3.8, 4) is 0 Å². The van der Waals surface area contributed by atoms with Gasteiger partial charge in [0, 0.05) is 17.1 Å². The molecule has 1 atom stereocenters. The molecule has 0 bridgehead atoms. The average molecular weight is 271 g/mol. The molecular weight excluding hydrogens is 260 g/mol. The highest BCUT2D eigenvalue weighted by atomic mass is 19.2. The van der Waals surface area contributed by atoms with E-state index in [0.29, 0.717) is 5.56 Å². The van der Waals surface area contributed by atoms with Gasteiger partial charge in [0.05, 0.1) is 5.52 Å². The van der Waals surface area contributed by atoms with E-state index in [1.54, 1.807) is 30.5 Å². The minimum Gasteiger partial charge on any atom is -0.384 e. The Hall–Kier alpha value is -2.33. The molecule has 20 heavy (non-hydrogen) atoms. The first-order chi connectivity index (χ1) is 9.66. The van der Waals surface area contributed by atoms with Gasteiger partial charge in [0.1, 0.15) is 6.10 Å². The van der Waals surface area contributed by atoms with Gasteiger partial charge in [0.2, 0.25) is 0 Å². The van der Waals surface area contributed by atoms with Crippen molar-refractivity contribution in [3.63, 3.8) is 0 Å². The monoisotopic (exact) mass is 271 g/mol. The number of aromatic nitrogens is 1. The zero-order valence-electron chi connectivity index (χ0n) is 10.4. The lowest BCUT2D eigenvalue weighted by molar-refractivity contribution is 0.213. The van der Waals surface area contributed by atoms with Crippen LogP contribution in [0.1, 0.15) is 17.2 Å². The Morgan fingerprint density at radius 2 is 1.85 bits per heavy atom. The molecule has 0 aliphatic carbocycles. The Kier molecular flexibility index (Phi) is 3.16. The fourth-order valence-corrected chi connectivity index (χ4v) is 2.18. The Labute approximate surface area is 114 Å². The van der Waals surface area contributed by atoms with Crippen LogP contribution in [-0.2, 0) is 0 Å². The van der Waals surface area contributed by atoms with Crippen molar-refractivity contribution in [1.29, 1.82) is 0 Å². The average Bonchev–Trinajstić information content (AvgIpc) is 2.49. The Bertz CT molecular complexity index is 773. The van der Waals surface area contributed by atoms with Gasteiger partial charge in [-0.25, -0.2) is 8.78 Å². The number of pyridine rings is 1. The van der Waals surface area contributed by atoms with Gasteiger partial charge in [-0.05, 0) is 29.8 Å². The van der Waals surface area contributed by atoms with Crippen LogP contribution < -0.4 is 0 Å². The fraction of sp³-hybridized carbons (Fsp3) is 0.0625. The summed E-state index contributed by atoms with van der Waals surface area (Å²) in [4.78, 5) is 4.17. The van der Waals surface area contributed by atoms with Gasteiger partial charge >= 0.3 is 0 Å². The fourth-order valence-electron chi connectivity index (χ4n) is 2.18. The third-order valence-electron chi connectivity index (χ3n) is 3.22. The highest BCUT2D eigenvalue weighted by Crippen LogP contribution is 2.27. The van der Waals surface area contributed by atoms with Gasteiger partial charge in [0.15, 0.2) is 11.6 Å². The number of hydrogen-bond acceptors (Lipinski definition) is 2. The smallest absolute Gasteiger partial charge is 0.164 e. The number of fused-ring (bicyclic) bond motifs is 1. The first-order valence-corrected chi connectivity index (χ1v) is 6.13. The van der Waals surface area contributed by atoms with Crippen molar-refractivity contribution in [3.05, 3.63) is 77.5 Å². The van der Waals surface area contributed by atoms with Gasteiger partial charge < -0.3 is 5.11 Å². The maximum Gasteiger partial charge on any atom is 0.164 e. The van der Waals surface area contributed by atoms with Crippen molar-refractivity contribution in [2.45, 2.75) is 6.10 Å². The molecule has 2 aromatic carbocycles. The summed E-state index contributed by atoms with van der Waals surface area (Å²) in [6.07, 6.45) is 0.459. The van der Waals surface area contributed by atoms with E-state index in [1.807, 2.05) is 6.07 Å². The quantitative estimate of drug-likeness (QED) is 0.772. The zero-order chi connectivity index (χ0) is 14.1. The largest absolute Gasteiger partial charge is 0.384 e. The molecule has 0 aliphatic rings. The summed E-state index contributed by atoms with van der Waals surface area (Å²) in [5, 5.41) is 11.1. The summed E-state index contributed by atoms with van der Waals surface area (Å²) in [6.45, 7) is 0. The van der Waals surface area contributed by atoms with Crippen molar-refractivity contribution >= 4 is 10.9 Å². The SMILES string of the molecule is OC(c1ccc2ncccc2c1)c1cccc(F)c1F. The third-order valence-corrected chi connectivity index (χ3v) is 3.22. The molecule has 0 saturated heterocycles. The first-order valence-electron chi connectivity index (χ1n) is 6.13. The molecule has 4 heteroatoms. The predicted octanol–water partition coefficient (Wildman–Crippen LogP) is 3.59. The highest BCUT2D eigenvalue weighted by Gasteiger charge is 2.17. The lowest BCUT2D eigenvalue weighted by atomic mass is 9.99. The van der Waals surface area contributed by atoms with E-state index >= 15 is 0 Å². The van der Waals surface area contributed by atoms with Crippen LogP contribution in [0.15, 0.2) is 54.7 Å². The standard InChI is InChI=1S/C16H11F2NO/c17-13-5-1-4-12(15(13)18)16(20)11-6-7-14-10(9-11)3-2-8-19-14/h1-9,16,20H. The van der Waals surface area contributed by atoms with E-state index in [2.05, 4.69) is 4.98 Å². The van der Waals surface area contributed by atoms with Crippen LogP contribution in [0, 0.1) is 11.6 Å². The molecule has 1 aromatic heterocycles. The van der Waals surface area contributed by atoms with E-state index < -0.39 is 17.7 Å². The summed E-state index contributed by atoms with van der Waals surface area (Å²) in [7, 11) is 0. The third kappa shape index (κ3) is 2.14. The Balaban J connectivity index is 2.08. The van der Waals surface area contributed by atoms with E-state index in [-0.39, 0.29) is 5.56 Å². The Morgan fingerprint density at radius 1 is 1.00 bits per heavy atom. The van der Waals surface area contributed by atoms with Crippen LogP contribution in [0.4, 0.5) is 8.78 Å².